The maximum absolute atomic E-state index is 10.6. The molecule has 0 saturated heterocycles. The van der Waals surface area contributed by atoms with Crippen LogP contribution < -0.4 is 4.90 Å². The lowest BCUT2D eigenvalue weighted by atomic mass is 9.98. The highest BCUT2D eigenvalue weighted by molar-refractivity contribution is 5.83. The Hall–Kier alpha value is -2.26. The maximum atomic E-state index is 10.6. The number of hydrogen-bond acceptors (Lipinski definition) is 2. The molecular formula is C17H18N2O. The minimum absolute atomic E-state index is 0.606. The first kappa shape index (κ1) is 12.8. The third-order valence-corrected chi connectivity index (χ3v) is 3.65. The molecule has 3 rings (SSSR count). The van der Waals surface area contributed by atoms with Gasteiger partial charge in [-0.3, -0.25) is 0 Å². The highest BCUT2D eigenvalue weighted by Crippen LogP contribution is 2.29. The third kappa shape index (κ3) is 2.17. The number of aromatic amines is 1. The summed E-state index contributed by atoms with van der Waals surface area (Å²) in [6.07, 6.45) is 1.29. The Labute approximate surface area is 118 Å². The van der Waals surface area contributed by atoms with Crippen molar-refractivity contribution in [3.05, 3.63) is 65.9 Å². The molecule has 1 heterocycles. The van der Waals surface area contributed by atoms with Gasteiger partial charge in [0.15, 0.2) is 0 Å². The topological polar surface area (TPSA) is 39.3 Å². The Balaban J connectivity index is 1.99. The van der Waals surface area contributed by atoms with E-state index in [-0.39, 0.29) is 0 Å². The molecule has 0 aliphatic carbocycles. The van der Waals surface area contributed by atoms with Crippen LogP contribution in [0.3, 0.4) is 0 Å². The fourth-order valence-corrected chi connectivity index (χ4v) is 2.48. The number of nitrogens with zero attached hydrogens (tertiary/aromatic N) is 1. The number of aromatic nitrogens is 1. The zero-order chi connectivity index (χ0) is 14.1. The standard InChI is InChI=1S/C17H18N2O/c1-19(2)13-8-6-12(7-9-13)17(20)15-4-3-5-16-14(15)10-11-18-16/h3-11,17-18,20H,1-2H3. The molecule has 2 aromatic carbocycles. The van der Waals surface area contributed by atoms with Crippen LogP contribution in [-0.2, 0) is 0 Å². The summed E-state index contributed by atoms with van der Waals surface area (Å²) in [6.45, 7) is 0. The quantitative estimate of drug-likeness (QED) is 0.763. The van der Waals surface area contributed by atoms with Crippen LogP contribution in [0.5, 0.6) is 0 Å². The van der Waals surface area contributed by atoms with Gasteiger partial charge >= 0.3 is 0 Å². The number of rotatable bonds is 3. The smallest absolute Gasteiger partial charge is 0.105 e. The van der Waals surface area contributed by atoms with Gasteiger partial charge < -0.3 is 15.0 Å². The van der Waals surface area contributed by atoms with E-state index in [1.807, 2.05) is 73.7 Å². The van der Waals surface area contributed by atoms with Crippen LogP contribution in [0, 0.1) is 0 Å². The van der Waals surface area contributed by atoms with Crippen molar-refractivity contribution in [2.45, 2.75) is 6.10 Å². The van der Waals surface area contributed by atoms with Crippen LogP contribution >= 0.6 is 0 Å². The molecule has 1 atom stereocenters. The Bertz CT molecular complexity index is 713. The molecule has 0 bridgehead atoms. The van der Waals surface area contributed by atoms with E-state index >= 15 is 0 Å². The van der Waals surface area contributed by atoms with Gasteiger partial charge in [0.2, 0.25) is 0 Å². The summed E-state index contributed by atoms with van der Waals surface area (Å²) >= 11 is 0. The second kappa shape index (κ2) is 5.02. The molecule has 0 aliphatic heterocycles. The molecule has 20 heavy (non-hydrogen) atoms. The molecule has 3 heteroatoms. The Morgan fingerprint density at radius 2 is 1.75 bits per heavy atom. The first-order valence-corrected chi connectivity index (χ1v) is 6.68. The minimum atomic E-state index is -0.606. The number of anilines is 1. The molecular weight excluding hydrogens is 248 g/mol. The van der Waals surface area contributed by atoms with Crippen molar-refractivity contribution < 1.29 is 5.11 Å². The molecule has 2 N–H and O–H groups in total. The van der Waals surface area contributed by atoms with Gasteiger partial charge in [0.1, 0.15) is 6.10 Å². The van der Waals surface area contributed by atoms with Gasteiger partial charge in [-0.05, 0) is 35.4 Å². The van der Waals surface area contributed by atoms with Gasteiger partial charge in [-0.2, -0.15) is 0 Å². The van der Waals surface area contributed by atoms with Crippen molar-refractivity contribution in [1.29, 1.82) is 0 Å². The molecule has 3 aromatic rings. The lowest BCUT2D eigenvalue weighted by Gasteiger charge is -2.16. The van der Waals surface area contributed by atoms with E-state index in [2.05, 4.69) is 4.98 Å². The molecule has 0 fully saturated rings. The van der Waals surface area contributed by atoms with Gasteiger partial charge in [0, 0.05) is 36.9 Å². The number of fused-ring (bicyclic) bond motifs is 1. The van der Waals surface area contributed by atoms with E-state index in [1.165, 1.54) is 0 Å². The first-order valence-electron chi connectivity index (χ1n) is 6.68. The highest BCUT2D eigenvalue weighted by atomic mass is 16.3. The van der Waals surface area contributed by atoms with Crippen LogP contribution in [0.4, 0.5) is 5.69 Å². The largest absolute Gasteiger partial charge is 0.384 e. The first-order chi connectivity index (χ1) is 9.66. The van der Waals surface area contributed by atoms with Gasteiger partial charge in [-0.25, -0.2) is 0 Å². The minimum Gasteiger partial charge on any atom is -0.384 e. The lowest BCUT2D eigenvalue weighted by Crippen LogP contribution is -2.08. The van der Waals surface area contributed by atoms with Crippen molar-refractivity contribution in [1.82, 2.24) is 4.98 Å². The van der Waals surface area contributed by atoms with Crippen LogP contribution in [0.15, 0.2) is 54.7 Å². The van der Waals surface area contributed by atoms with Crippen molar-refractivity contribution in [3.8, 4) is 0 Å². The Morgan fingerprint density at radius 1 is 1.00 bits per heavy atom. The molecule has 1 unspecified atom stereocenters. The zero-order valence-electron chi connectivity index (χ0n) is 11.7. The second-order valence-corrected chi connectivity index (χ2v) is 5.17. The lowest BCUT2D eigenvalue weighted by molar-refractivity contribution is 0.222. The Morgan fingerprint density at radius 3 is 2.45 bits per heavy atom. The SMILES string of the molecule is CN(C)c1ccc(C(O)c2cccc3[nH]ccc23)cc1. The average Bonchev–Trinajstić information content (AvgIpc) is 2.95. The van der Waals surface area contributed by atoms with Crippen molar-refractivity contribution >= 4 is 16.6 Å². The summed E-state index contributed by atoms with van der Waals surface area (Å²) in [5.74, 6) is 0. The van der Waals surface area contributed by atoms with E-state index in [0.717, 1.165) is 27.7 Å². The number of hydrogen-bond donors (Lipinski definition) is 2. The number of nitrogens with one attached hydrogen (secondary N) is 1. The molecule has 102 valence electrons. The highest BCUT2D eigenvalue weighted by Gasteiger charge is 2.13. The number of aliphatic hydroxyl groups is 1. The normalized spacial score (nSPS) is 12.6. The number of benzene rings is 2. The van der Waals surface area contributed by atoms with Crippen LogP contribution in [0.1, 0.15) is 17.2 Å². The molecule has 0 radical (unpaired) electrons. The van der Waals surface area contributed by atoms with Crippen LogP contribution in [0.2, 0.25) is 0 Å². The van der Waals surface area contributed by atoms with Gasteiger partial charge in [-0.15, -0.1) is 0 Å². The molecule has 0 aliphatic rings. The van der Waals surface area contributed by atoms with Gasteiger partial charge in [0.05, 0.1) is 0 Å². The van der Waals surface area contributed by atoms with Crippen molar-refractivity contribution in [3.63, 3.8) is 0 Å². The predicted molar refractivity (Wildman–Crippen MR) is 83.1 cm³/mol. The number of H-pyrrole nitrogens is 1. The van der Waals surface area contributed by atoms with E-state index in [9.17, 15) is 5.11 Å². The predicted octanol–water partition coefficient (Wildman–Crippen LogP) is 3.32. The van der Waals surface area contributed by atoms with E-state index in [0.29, 0.717) is 0 Å². The van der Waals surface area contributed by atoms with E-state index in [4.69, 9.17) is 0 Å². The molecule has 3 nitrogen and oxygen atoms in total. The molecule has 0 amide bonds. The summed E-state index contributed by atoms with van der Waals surface area (Å²) in [6, 6.07) is 16.0. The summed E-state index contributed by atoms with van der Waals surface area (Å²) in [5.41, 5.74) is 4.01. The molecule has 0 spiro atoms. The molecule has 1 aromatic heterocycles. The van der Waals surface area contributed by atoms with Crippen molar-refractivity contribution in [2.24, 2.45) is 0 Å². The summed E-state index contributed by atoms with van der Waals surface area (Å²) < 4.78 is 0. The van der Waals surface area contributed by atoms with E-state index < -0.39 is 6.10 Å². The van der Waals surface area contributed by atoms with Crippen LogP contribution in [-0.4, -0.2) is 24.2 Å². The van der Waals surface area contributed by atoms with Gasteiger partial charge in [-0.1, -0.05) is 24.3 Å². The van der Waals surface area contributed by atoms with Crippen LogP contribution in [0.25, 0.3) is 10.9 Å². The fraction of sp³-hybridized carbons (Fsp3) is 0.176. The van der Waals surface area contributed by atoms with Gasteiger partial charge in [0.25, 0.3) is 0 Å². The summed E-state index contributed by atoms with van der Waals surface area (Å²) in [5, 5.41) is 11.7. The second-order valence-electron chi connectivity index (χ2n) is 5.17. The monoisotopic (exact) mass is 266 g/mol. The van der Waals surface area contributed by atoms with E-state index in [1.54, 1.807) is 0 Å². The van der Waals surface area contributed by atoms with Crippen molar-refractivity contribution in [2.75, 3.05) is 19.0 Å². The zero-order valence-corrected chi connectivity index (χ0v) is 11.7. The Kier molecular flexibility index (Phi) is 3.20. The fourth-order valence-electron chi connectivity index (χ4n) is 2.48. The molecule has 0 saturated carbocycles. The number of aliphatic hydroxyl groups excluding tert-OH is 1. The summed E-state index contributed by atoms with van der Waals surface area (Å²) in [4.78, 5) is 5.22. The maximum Gasteiger partial charge on any atom is 0.105 e. The average molecular weight is 266 g/mol. The third-order valence-electron chi connectivity index (χ3n) is 3.65. The summed E-state index contributed by atoms with van der Waals surface area (Å²) in [7, 11) is 4.01.